The zero-order chi connectivity index (χ0) is 22.5. The molecule has 4 nitrogen and oxygen atoms in total. The topological polar surface area (TPSA) is 46.1 Å². The van der Waals surface area contributed by atoms with E-state index < -0.39 is 5.41 Å². The number of hydrogen-bond acceptors (Lipinski definition) is 3. The van der Waals surface area contributed by atoms with Gasteiger partial charge in [-0.2, -0.15) is 0 Å². The van der Waals surface area contributed by atoms with Gasteiger partial charge in [-0.3, -0.25) is 4.79 Å². The van der Waals surface area contributed by atoms with Crippen LogP contribution in [0.15, 0.2) is 36.4 Å². The van der Waals surface area contributed by atoms with E-state index in [-0.39, 0.29) is 16.7 Å². The van der Waals surface area contributed by atoms with Crippen molar-refractivity contribution in [2.45, 2.75) is 57.3 Å². The van der Waals surface area contributed by atoms with E-state index >= 15 is 0 Å². The number of carbonyl (C=O) groups is 1. The molecular formula is C26H25Cl2N3O. The van der Waals surface area contributed by atoms with E-state index in [0.29, 0.717) is 15.6 Å². The standard InChI is InChI=1S/C26H25Cl2N3O/c1-24(2)25(3)10-11-26(24,23(32)31-12-6-8-15-7-4-5-9-20(15)31)22-21(25)29-18-13-16(27)17(28)14-19(18)30-22/h4-5,7,9,13-14H,6,8,10-12H2,1-3H3. The van der Waals surface area contributed by atoms with Crippen LogP contribution < -0.4 is 4.90 Å². The van der Waals surface area contributed by atoms with Crippen molar-refractivity contribution in [2.75, 3.05) is 11.4 Å². The van der Waals surface area contributed by atoms with Crippen molar-refractivity contribution in [1.82, 2.24) is 9.97 Å². The van der Waals surface area contributed by atoms with Crippen LogP contribution in [-0.2, 0) is 22.0 Å². The Morgan fingerprint density at radius 1 is 0.969 bits per heavy atom. The average molecular weight is 466 g/mol. The summed E-state index contributed by atoms with van der Waals surface area (Å²) >= 11 is 12.6. The lowest BCUT2D eigenvalue weighted by molar-refractivity contribution is -0.127. The Morgan fingerprint density at radius 3 is 2.34 bits per heavy atom. The van der Waals surface area contributed by atoms with Crippen LogP contribution in [0.1, 0.15) is 57.0 Å². The van der Waals surface area contributed by atoms with E-state index in [2.05, 4.69) is 39.0 Å². The van der Waals surface area contributed by atoms with Gasteiger partial charge in [0.05, 0.1) is 37.9 Å². The molecule has 2 heterocycles. The molecule has 3 aliphatic rings. The van der Waals surface area contributed by atoms with Crippen molar-refractivity contribution in [1.29, 1.82) is 0 Å². The summed E-state index contributed by atoms with van der Waals surface area (Å²) in [4.78, 5) is 26.7. The Labute approximate surface area is 197 Å². The summed E-state index contributed by atoms with van der Waals surface area (Å²) in [6.45, 7) is 7.43. The molecule has 6 rings (SSSR count). The van der Waals surface area contributed by atoms with Gasteiger partial charge in [0.2, 0.25) is 5.91 Å². The van der Waals surface area contributed by atoms with E-state index in [4.69, 9.17) is 33.2 Å². The van der Waals surface area contributed by atoms with E-state index in [1.165, 1.54) is 5.56 Å². The number of anilines is 1. The molecule has 1 aliphatic heterocycles. The van der Waals surface area contributed by atoms with Crippen LogP contribution >= 0.6 is 23.2 Å². The zero-order valence-electron chi connectivity index (χ0n) is 18.5. The third kappa shape index (κ3) is 2.28. The van der Waals surface area contributed by atoms with Crippen LogP contribution in [-0.4, -0.2) is 22.4 Å². The van der Waals surface area contributed by atoms with Gasteiger partial charge in [-0.15, -0.1) is 0 Å². The number of halogens is 2. The lowest BCUT2D eigenvalue weighted by Crippen LogP contribution is -2.54. The molecule has 2 unspecified atom stereocenters. The molecular weight excluding hydrogens is 441 g/mol. The van der Waals surface area contributed by atoms with Crippen molar-refractivity contribution in [2.24, 2.45) is 5.41 Å². The van der Waals surface area contributed by atoms with E-state index in [1.54, 1.807) is 12.1 Å². The predicted molar refractivity (Wildman–Crippen MR) is 129 cm³/mol. The Bertz CT molecular complexity index is 1320. The molecule has 3 aromatic rings. The van der Waals surface area contributed by atoms with Gasteiger partial charge >= 0.3 is 0 Å². The molecule has 6 heteroatoms. The van der Waals surface area contributed by atoms with Crippen LogP contribution in [0.5, 0.6) is 0 Å². The summed E-state index contributed by atoms with van der Waals surface area (Å²) in [5.74, 6) is 0.158. The van der Waals surface area contributed by atoms with Gasteiger partial charge in [0, 0.05) is 17.6 Å². The molecule has 0 spiro atoms. The summed E-state index contributed by atoms with van der Waals surface area (Å²) in [5.41, 5.74) is 4.20. The molecule has 0 saturated heterocycles. The van der Waals surface area contributed by atoms with Crippen LogP contribution in [0.3, 0.4) is 0 Å². The van der Waals surface area contributed by atoms with Gasteiger partial charge in [0.25, 0.3) is 0 Å². The summed E-state index contributed by atoms with van der Waals surface area (Å²) in [6.07, 6.45) is 3.67. The minimum Gasteiger partial charge on any atom is -0.311 e. The van der Waals surface area contributed by atoms with Gasteiger partial charge in [-0.1, -0.05) is 62.2 Å². The summed E-state index contributed by atoms with van der Waals surface area (Å²) in [5, 5.41) is 0.920. The molecule has 32 heavy (non-hydrogen) atoms. The smallest absolute Gasteiger partial charge is 0.239 e. The van der Waals surface area contributed by atoms with Gasteiger partial charge < -0.3 is 4.90 Å². The fourth-order valence-electron chi connectivity index (χ4n) is 6.55. The SMILES string of the molecule is CC12CCC(C(=O)N3CCCc4ccccc43)(c3nc4cc(Cl)c(Cl)cc4nc31)C2(C)C. The normalized spacial score (nSPS) is 27.5. The molecule has 2 aliphatic carbocycles. The number of amides is 1. The lowest BCUT2D eigenvalue weighted by Gasteiger charge is -2.43. The molecule has 1 aromatic heterocycles. The summed E-state index contributed by atoms with van der Waals surface area (Å²) < 4.78 is 0. The van der Waals surface area contributed by atoms with Crippen molar-refractivity contribution < 1.29 is 4.79 Å². The Morgan fingerprint density at radius 2 is 1.62 bits per heavy atom. The second-order valence-corrected chi connectivity index (χ2v) is 11.0. The Hall–Kier alpha value is -2.17. The highest BCUT2D eigenvalue weighted by Gasteiger charge is 2.73. The number of benzene rings is 2. The maximum atomic E-state index is 14.5. The third-order valence-corrected chi connectivity index (χ3v) is 9.52. The fourth-order valence-corrected chi connectivity index (χ4v) is 6.86. The van der Waals surface area contributed by atoms with E-state index in [9.17, 15) is 4.79 Å². The predicted octanol–water partition coefficient (Wildman–Crippen LogP) is 6.25. The Kier molecular flexibility index (Phi) is 4.12. The fraction of sp³-hybridized carbons (Fsp3) is 0.423. The molecule has 0 N–H and O–H groups in total. The van der Waals surface area contributed by atoms with Gasteiger partial charge in [-0.25, -0.2) is 9.97 Å². The molecule has 2 aromatic carbocycles. The third-order valence-electron chi connectivity index (χ3n) is 8.80. The lowest BCUT2D eigenvalue weighted by atomic mass is 9.63. The number of aromatic nitrogens is 2. The zero-order valence-corrected chi connectivity index (χ0v) is 20.0. The molecule has 2 bridgehead atoms. The van der Waals surface area contributed by atoms with Crippen molar-refractivity contribution in [3.8, 4) is 0 Å². The Balaban J connectivity index is 1.60. The van der Waals surface area contributed by atoms with Crippen LogP contribution in [0, 0.1) is 5.41 Å². The first-order valence-electron chi connectivity index (χ1n) is 11.3. The second-order valence-electron chi connectivity index (χ2n) is 10.2. The number of hydrogen-bond donors (Lipinski definition) is 0. The quantitative estimate of drug-likeness (QED) is 0.426. The van der Waals surface area contributed by atoms with Crippen molar-refractivity contribution in [3.05, 3.63) is 63.4 Å². The first-order chi connectivity index (χ1) is 15.2. The highest BCUT2D eigenvalue weighted by molar-refractivity contribution is 6.42. The number of para-hydroxylation sites is 1. The van der Waals surface area contributed by atoms with Gasteiger partial charge in [0.1, 0.15) is 0 Å². The highest BCUT2D eigenvalue weighted by atomic mass is 35.5. The maximum Gasteiger partial charge on any atom is 0.239 e. The first-order valence-corrected chi connectivity index (χ1v) is 12.0. The van der Waals surface area contributed by atoms with E-state index in [1.807, 2.05) is 11.0 Å². The highest BCUT2D eigenvalue weighted by Crippen LogP contribution is 2.70. The van der Waals surface area contributed by atoms with E-state index in [0.717, 1.165) is 54.8 Å². The average Bonchev–Trinajstić information content (AvgIpc) is 3.07. The number of fused-ring (bicyclic) bond motifs is 7. The first kappa shape index (κ1) is 20.4. The largest absolute Gasteiger partial charge is 0.311 e. The molecule has 2 atom stereocenters. The molecule has 1 saturated carbocycles. The molecule has 164 valence electrons. The van der Waals surface area contributed by atoms with Crippen LogP contribution in [0.4, 0.5) is 5.69 Å². The number of aryl methyl sites for hydroxylation is 1. The molecule has 1 amide bonds. The van der Waals surface area contributed by atoms with Crippen molar-refractivity contribution in [3.63, 3.8) is 0 Å². The minimum atomic E-state index is -0.713. The number of rotatable bonds is 1. The van der Waals surface area contributed by atoms with Crippen molar-refractivity contribution >= 4 is 45.8 Å². The number of carbonyl (C=O) groups excluding carboxylic acids is 1. The van der Waals surface area contributed by atoms with Crippen LogP contribution in [0.25, 0.3) is 11.0 Å². The minimum absolute atomic E-state index is 0.158. The monoisotopic (exact) mass is 465 g/mol. The van der Waals surface area contributed by atoms with Crippen LogP contribution in [0.2, 0.25) is 10.0 Å². The molecule has 1 fully saturated rings. The second kappa shape index (κ2) is 6.45. The van der Waals surface area contributed by atoms with Gasteiger partial charge in [0.15, 0.2) is 0 Å². The summed E-state index contributed by atoms with van der Waals surface area (Å²) in [6, 6.07) is 11.8. The summed E-state index contributed by atoms with van der Waals surface area (Å²) in [7, 11) is 0. The number of nitrogens with zero attached hydrogens (tertiary/aromatic N) is 3. The van der Waals surface area contributed by atoms with Gasteiger partial charge in [-0.05, 0) is 54.9 Å². The molecule has 0 radical (unpaired) electrons. The maximum absolute atomic E-state index is 14.5.